The topological polar surface area (TPSA) is 65.5 Å². The Morgan fingerprint density at radius 3 is 2.32 bits per heavy atom. The first-order valence-electron chi connectivity index (χ1n) is 9.90. The second kappa shape index (κ2) is 9.35. The third-order valence-electron chi connectivity index (χ3n) is 5.37. The van der Waals surface area contributed by atoms with Crippen molar-refractivity contribution >= 4 is 17.6 Å². The molecule has 3 rings (SSSR count). The molecule has 6 nitrogen and oxygen atoms in total. The monoisotopic (exact) mass is 380 g/mol. The fraction of sp³-hybridized carbons (Fsp3) is 0.409. The van der Waals surface area contributed by atoms with Gasteiger partial charge in [-0.05, 0) is 30.2 Å². The van der Waals surface area contributed by atoms with Gasteiger partial charge in [-0.2, -0.15) is 0 Å². The lowest BCUT2D eigenvalue weighted by atomic mass is 9.97. The summed E-state index contributed by atoms with van der Waals surface area (Å²) < 4.78 is 0. The van der Waals surface area contributed by atoms with E-state index in [4.69, 9.17) is 0 Å². The van der Waals surface area contributed by atoms with Crippen molar-refractivity contribution in [2.45, 2.75) is 26.3 Å². The number of nitrogens with one attached hydrogen (secondary N) is 1. The number of carbonyl (C=O) groups is 2. The van der Waals surface area contributed by atoms with Gasteiger partial charge in [0.1, 0.15) is 11.9 Å². The minimum absolute atomic E-state index is 0.000646. The standard InChI is InChI=1S/C22H28N4O2/c1-3-17(2)20(24-21(27)18-9-5-4-6-10-18)22(28)26-15-13-25(14-16-26)19-11-7-8-12-23-19/h4-12,17,20H,3,13-16H2,1-2H3,(H,24,27). The van der Waals surface area contributed by atoms with Crippen LogP contribution in [0.25, 0.3) is 0 Å². The Morgan fingerprint density at radius 2 is 1.71 bits per heavy atom. The average molecular weight is 380 g/mol. The molecule has 1 N–H and O–H groups in total. The van der Waals surface area contributed by atoms with E-state index in [2.05, 4.69) is 15.2 Å². The number of benzene rings is 1. The smallest absolute Gasteiger partial charge is 0.251 e. The third kappa shape index (κ3) is 4.68. The van der Waals surface area contributed by atoms with Crippen LogP contribution in [0.15, 0.2) is 54.7 Å². The molecular weight excluding hydrogens is 352 g/mol. The van der Waals surface area contributed by atoms with Crippen LogP contribution in [0.3, 0.4) is 0 Å². The van der Waals surface area contributed by atoms with Crippen molar-refractivity contribution in [3.8, 4) is 0 Å². The predicted molar refractivity (Wildman–Crippen MR) is 110 cm³/mol. The summed E-state index contributed by atoms with van der Waals surface area (Å²) in [5.74, 6) is 0.796. The second-order valence-electron chi connectivity index (χ2n) is 7.20. The molecular formula is C22H28N4O2. The molecule has 2 atom stereocenters. The molecule has 148 valence electrons. The number of amides is 2. The molecule has 2 aromatic rings. The molecule has 1 aliphatic heterocycles. The number of hydrogen-bond donors (Lipinski definition) is 1. The largest absolute Gasteiger partial charge is 0.353 e. The maximum atomic E-state index is 13.2. The summed E-state index contributed by atoms with van der Waals surface area (Å²) in [6.07, 6.45) is 2.60. The summed E-state index contributed by atoms with van der Waals surface area (Å²) in [7, 11) is 0. The van der Waals surface area contributed by atoms with E-state index in [-0.39, 0.29) is 17.7 Å². The normalized spacial score (nSPS) is 16.4. The first-order valence-corrected chi connectivity index (χ1v) is 9.90. The van der Waals surface area contributed by atoms with Gasteiger partial charge in [0.05, 0.1) is 0 Å². The SMILES string of the molecule is CCC(C)C(NC(=O)c1ccccc1)C(=O)N1CCN(c2ccccn2)CC1. The lowest BCUT2D eigenvalue weighted by Gasteiger charge is -2.38. The predicted octanol–water partition coefficient (Wildman–Crippen LogP) is 2.57. The van der Waals surface area contributed by atoms with Crippen molar-refractivity contribution in [3.63, 3.8) is 0 Å². The molecule has 0 spiro atoms. The zero-order valence-corrected chi connectivity index (χ0v) is 16.5. The third-order valence-corrected chi connectivity index (χ3v) is 5.37. The van der Waals surface area contributed by atoms with Gasteiger partial charge in [0, 0.05) is 37.9 Å². The summed E-state index contributed by atoms with van der Waals surface area (Å²) in [5.41, 5.74) is 0.573. The highest BCUT2D eigenvalue weighted by Gasteiger charge is 2.32. The highest BCUT2D eigenvalue weighted by Crippen LogP contribution is 2.16. The molecule has 6 heteroatoms. The lowest BCUT2D eigenvalue weighted by Crippen LogP contribution is -2.56. The van der Waals surface area contributed by atoms with Crippen LogP contribution in [0.5, 0.6) is 0 Å². The molecule has 1 aromatic carbocycles. The van der Waals surface area contributed by atoms with Crippen LogP contribution in [0.4, 0.5) is 5.82 Å². The Bertz CT molecular complexity index is 774. The number of anilines is 1. The fourth-order valence-corrected chi connectivity index (χ4v) is 3.39. The van der Waals surface area contributed by atoms with Gasteiger partial charge in [0.25, 0.3) is 5.91 Å². The van der Waals surface area contributed by atoms with E-state index in [0.717, 1.165) is 25.3 Å². The molecule has 1 aliphatic rings. The van der Waals surface area contributed by atoms with Crippen LogP contribution in [-0.4, -0.2) is 53.9 Å². The van der Waals surface area contributed by atoms with E-state index in [9.17, 15) is 9.59 Å². The van der Waals surface area contributed by atoms with Crippen molar-refractivity contribution in [1.82, 2.24) is 15.2 Å². The summed E-state index contributed by atoms with van der Waals surface area (Å²) in [5, 5.41) is 2.97. The summed E-state index contributed by atoms with van der Waals surface area (Å²) in [6, 6.07) is 14.4. The van der Waals surface area contributed by atoms with E-state index in [0.29, 0.717) is 18.7 Å². The number of nitrogens with zero attached hydrogens (tertiary/aromatic N) is 3. The van der Waals surface area contributed by atoms with Crippen LogP contribution in [0.2, 0.25) is 0 Å². The Labute approximate surface area is 166 Å². The van der Waals surface area contributed by atoms with Gasteiger partial charge in [0.2, 0.25) is 5.91 Å². The Morgan fingerprint density at radius 1 is 1.04 bits per heavy atom. The van der Waals surface area contributed by atoms with E-state index < -0.39 is 6.04 Å². The Balaban J connectivity index is 1.64. The number of piperazine rings is 1. The average Bonchev–Trinajstić information content (AvgIpc) is 2.77. The molecule has 1 fully saturated rings. The van der Waals surface area contributed by atoms with Crippen LogP contribution in [-0.2, 0) is 4.79 Å². The second-order valence-corrected chi connectivity index (χ2v) is 7.20. The fourth-order valence-electron chi connectivity index (χ4n) is 3.39. The number of aromatic nitrogens is 1. The molecule has 0 bridgehead atoms. The van der Waals surface area contributed by atoms with Crippen molar-refractivity contribution in [1.29, 1.82) is 0 Å². The van der Waals surface area contributed by atoms with Crippen molar-refractivity contribution in [2.75, 3.05) is 31.1 Å². The first-order chi connectivity index (χ1) is 13.6. The number of rotatable bonds is 6. The maximum absolute atomic E-state index is 13.2. The molecule has 2 unspecified atom stereocenters. The van der Waals surface area contributed by atoms with Crippen LogP contribution in [0, 0.1) is 5.92 Å². The van der Waals surface area contributed by atoms with Gasteiger partial charge in [-0.25, -0.2) is 4.98 Å². The zero-order chi connectivity index (χ0) is 19.9. The molecule has 0 radical (unpaired) electrons. The molecule has 1 saturated heterocycles. The summed E-state index contributed by atoms with van der Waals surface area (Å²) in [6.45, 7) is 6.79. The molecule has 28 heavy (non-hydrogen) atoms. The maximum Gasteiger partial charge on any atom is 0.251 e. The minimum atomic E-state index is -0.515. The van der Waals surface area contributed by atoms with Gasteiger partial charge < -0.3 is 15.1 Å². The number of hydrogen-bond acceptors (Lipinski definition) is 4. The number of pyridine rings is 1. The Hall–Kier alpha value is -2.89. The molecule has 0 saturated carbocycles. The van der Waals surface area contributed by atoms with Gasteiger partial charge in [-0.3, -0.25) is 9.59 Å². The quantitative estimate of drug-likeness (QED) is 0.837. The van der Waals surface area contributed by atoms with Gasteiger partial charge >= 0.3 is 0 Å². The van der Waals surface area contributed by atoms with Gasteiger partial charge in [0.15, 0.2) is 0 Å². The summed E-state index contributed by atoms with van der Waals surface area (Å²) in [4.78, 5) is 34.2. The van der Waals surface area contributed by atoms with Crippen molar-refractivity contribution < 1.29 is 9.59 Å². The van der Waals surface area contributed by atoms with E-state index in [1.54, 1.807) is 18.3 Å². The Kier molecular flexibility index (Phi) is 6.63. The summed E-state index contributed by atoms with van der Waals surface area (Å²) >= 11 is 0. The van der Waals surface area contributed by atoms with E-state index >= 15 is 0 Å². The highest BCUT2D eigenvalue weighted by atomic mass is 16.2. The number of carbonyl (C=O) groups excluding carboxylic acids is 2. The van der Waals surface area contributed by atoms with E-state index in [1.165, 1.54) is 0 Å². The zero-order valence-electron chi connectivity index (χ0n) is 16.5. The van der Waals surface area contributed by atoms with Gasteiger partial charge in [-0.1, -0.05) is 44.5 Å². The minimum Gasteiger partial charge on any atom is -0.353 e. The van der Waals surface area contributed by atoms with Crippen molar-refractivity contribution in [3.05, 3.63) is 60.3 Å². The molecule has 2 heterocycles. The lowest BCUT2D eigenvalue weighted by molar-refractivity contribution is -0.134. The van der Waals surface area contributed by atoms with Crippen molar-refractivity contribution in [2.24, 2.45) is 5.92 Å². The van der Waals surface area contributed by atoms with Crippen LogP contribution >= 0.6 is 0 Å². The van der Waals surface area contributed by atoms with Crippen LogP contribution in [0.1, 0.15) is 30.6 Å². The van der Waals surface area contributed by atoms with Crippen LogP contribution < -0.4 is 10.2 Å². The highest BCUT2D eigenvalue weighted by molar-refractivity contribution is 5.97. The van der Waals surface area contributed by atoms with Gasteiger partial charge in [-0.15, -0.1) is 0 Å². The molecule has 0 aliphatic carbocycles. The van der Waals surface area contributed by atoms with E-state index in [1.807, 2.05) is 55.1 Å². The first kappa shape index (κ1) is 19.9. The molecule has 1 aromatic heterocycles. The molecule has 2 amide bonds.